The Morgan fingerprint density at radius 2 is 1.95 bits per heavy atom. The average Bonchev–Trinajstić information content (AvgIpc) is 2.37. The van der Waals surface area contributed by atoms with Crippen molar-refractivity contribution < 1.29 is 22.7 Å². The van der Waals surface area contributed by atoms with Gasteiger partial charge < -0.3 is 15.8 Å². The molecule has 0 aromatic heterocycles. The standard InChI is InChI=1S/C14H19F3N2O2/c1-2-3-10(18)8-13(20)19-11-4-6-12(7-5-11)21-9-14(15,16)17/h4-7,10H,2-3,8-9,18H2,1H3,(H,19,20). The molecule has 1 rings (SSSR count). The molecule has 0 fully saturated rings. The van der Waals surface area contributed by atoms with Crippen LogP contribution in [0, 0.1) is 0 Å². The molecule has 118 valence electrons. The van der Waals surface area contributed by atoms with Gasteiger partial charge in [-0.05, 0) is 30.7 Å². The van der Waals surface area contributed by atoms with Gasteiger partial charge in [-0.1, -0.05) is 13.3 Å². The van der Waals surface area contributed by atoms with Crippen LogP contribution < -0.4 is 15.8 Å². The summed E-state index contributed by atoms with van der Waals surface area (Å²) in [5.41, 5.74) is 6.24. The molecule has 1 unspecified atom stereocenters. The Morgan fingerprint density at radius 3 is 2.48 bits per heavy atom. The molecule has 1 aromatic carbocycles. The van der Waals surface area contributed by atoms with Gasteiger partial charge in [0.15, 0.2) is 6.61 Å². The first-order valence-corrected chi connectivity index (χ1v) is 6.65. The molecule has 7 heteroatoms. The second-order valence-corrected chi connectivity index (χ2v) is 4.73. The highest BCUT2D eigenvalue weighted by atomic mass is 19.4. The normalized spacial score (nSPS) is 12.8. The lowest BCUT2D eigenvalue weighted by atomic mass is 10.1. The Labute approximate surface area is 121 Å². The fourth-order valence-corrected chi connectivity index (χ4v) is 1.72. The van der Waals surface area contributed by atoms with Crippen molar-refractivity contribution in [3.63, 3.8) is 0 Å². The summed E-state index contributed by atoms with van der Waals surface area (Å²) < 4.78 is 40.5. The largest absolute Gasteiger partial charge is 0.484 e. The van der Waals surface area contributed by atoms with Crippen LogP contribution in [0.1, 0.15) is 26.2 Å². The van der Waals surface area contributed by atoms with Crippen LogP contribution in [0.3, 0.4) is 0 Å². The molecule has 1 amide bonds. The zero-order chi connectivity index (χ0) is 15.9. The molecule has 0 radical (unpaired) electrons. The van der Waals surface area contributed by atoms with Crippen molar-refractivity contribution in [1.82, 2.24) is 0 Å². The monoisotopic (exact) mass is 304 g/mol. The fraction of sp³-hybridized carbons (Fsp3) is 0.500. The lowest BCUT2D eigenvalue weighted by Gasteiger charge is -2.12. The molecule has 0 aliphatic carbocycles. The fourth-order valence-electron chi connectivity index (χ4n) is 1.72. The average molecular weight is 304 g/mol. The number of carbonyl (C=O) groups is 1. The van der Waals surface area contributed by atoms with Crippen LogP contribution in [0.2, 0.25) is 0 Å². The second kappa shape index (κ2) is 7.87. The highest BCUT2D eigenvalue weighted by Gasteiger charge is 2.28. The van der Waals surface area contributed by atoms with Gasteiger partial charge in [0.25, 0.3) is 0 Å². The van der Waals surface area contributed by atoms with Gasteiger partial charge in [0.05, 0.1) is 0 Å². The number of hydrogen-bond donors (Lipinski definition) is 2. The maximum absolute atomic E-state index is 12.0. The summed E-state index contributed by atoms with van der Waals surface area (Å²) >= 11 is 0. The van der Waals surface area contributed by atoms with E-state index in [9.17, 15) is 18.0 Å². The molecule has 0 spiro atoms. The molecule has 1 atom stereocenters. The third-order valence-electron chi connectivity index (χ3n) is 2.65. The molecular formula is C14H19F3N2O2. The van der Waals surface area contributed by atoms with Gasteiger partial charge >= 0.3 is 6.18 Å². The van der Waals surface area contributed by atoms with Gasteiger partial charge in [-0.3, -0.25) is 4.79 Å². The molecule has 1 aromatic rings. The van der Waals surface area contributed by atoms with Crippen LogP contribution in [0.4, 0.5) is 18.9 Å². The van der Waals surface area contributed by atoms with Crippen molar-refractivity contribution in [2.24, 2.45) is 5.73 Å². The number of nitrogens with two attached hydrogens (primary N) is 1. The Balaban J connectivity index is 2.45. The third kappa shape index (κ3) is 7.55. The first kappa shape index (κ1) is 17.3. The number of amides is 1. The van der Waals surface area contributed by atoms with Gasteiger partial charge in [-0.2, -0.15) is 13.2 Å². The summed E-state index contributed by atoms with van der Waals surface area (Å²) in [5, 5.41) is 2.63. The lowest BCUT2D eigenvalue weighted by Crippen LogP contribution is -2.26. The van der Waals surface area contributed by atoms with E-state index >= 15 is 0 Å². The predicted octanol–water partition coefficient (Wildman–Crippen LogP) is 3.08. The molecule has 4 nitrogen and oxygen atoms in total. The Bertz CT molecular complexity index is 447. The van der Waals surface area contributed by atoms with Crippen LogP contribution in [-0.4, -0.2) is 24.7 Å². The lowest BCUT2D eigenvalue weighted by molar-refractivity contribution is -0.153. The van der Waals surface area contributed by atoms with E-state index in [1.807, 2.05) is 6.92 Å². The number of nitrogens with one attached hydrogen (secondary N) is 1. The van der Waals surface area contributed by atoms with Gasteiger partial charge in [0.1, 0.15) is 5.75 Å². The Hall–Kier alpha value is -1.76. The van der Waals surface area contributed by atoms with E-state index in [0.717, 1.165) is 12.8 Å². The first-order chi connectivity index (χ1) is 9.80. The molecule has 0 heterocycles. The van der Waals surface area contributed by atoms with Crippen LogP contribution in [0.25, 0.3) is 0 Å². The van der Waals surface area contributed by atoms with E-state index in [1.165, 1.54) is 24.3 Å². The topological polar surface area (TPSA) is 64.4 Å². The molecule has 0 aliphatic heterocycles. The van der Waals surface area contributed by atoms with Crippen LogP contribution >= 0.6 is 0 Å². The summed E-state index contributed by atoms with van der Waals surface area (Å²) in [5.74, 6) is -0.132. The minimum absolute atomic E-state index is 0.0907. The van der Waals surface area contributed by atoms with Crippen molar-refractivity contribution in [3.05, 3.63) is 24.3 Å². The van der Waals surface area contributed by atoms with Crippen LogP contribution in [0.5, 0.6) is 5.75 Å². The zero-order valence-corrected chi connectivity index (χ0v) is 11.7. The second-order valence-electron chi connectivity index (χ2n) is 4.73. The molecule has 0 aliphatic rings. The van der Waals surface area contributed by atoms with Crippen molar-refractivity contribution in [3.8, 4) is 5.75 Å². The Morgan fingerprint density at radius 1 is 1.33 bits per heavy atom. The van der Waals surface area contributed by atoms with Crippen molar-refractivity contribution in [2.45, 2.75) is 38.4 Å². The van der Waals surface area contributed by atoms with Crippen molar-refractivity contribution in [2.75, 3.05) is 11.9 Å². The highest BCUT2D eigenvalue weighted by molar-refractivity contribution is 5.91. The molecule has 21 heavy (non-hydrogen) atoms. The maximum atomic E-state index is 12.0. The minimum Gasteiger partial charge on any atom is -0.484 e. The summed E-state index contributed by atoms with van der Waals surface area (Å²) in [6.07, 6.45) is -2.50. The maximum Gasteiger partial charge on any atom is 0.422 e. The first-order valence-electron chi connectivity index (χ1n) is 6.65. The number of hydrogen-bond acceptors (Lipinski definition) is 3. The number of benzene rings is 1. The molecule has 0 saturated heterocycles. The quantitative estimate of drug-likeness (QED) is 0.813. The summed E-state index contributed by atoms with van der Waals surface area (Å²) in [7, 11) is 0. The predicted molar refractivity (Wildman–Crippen MR) is 74.1 cm³/mol. The number of carbonyl (C=O) groups excluding carboxylic acids is 1. The molecule has 3 N–H and O–H groups in total. The zero-order valence-electron chi connectivity index (χ0n) is 11.7. The van der Waals surface area contributed by atoms with E-state index in [2.05, 4.69) is 10.1 Å². The van der Waals surface area contributed by atoms with Gasteiger partial charge in [0, 0.05) is 18.2 Å². The number of anilines is 1. The smallest absolute Gasteiger partial charge is 0.422 e. The molecule has 0 bridgehead atoms. The van der Waals surface area contributed by atoms with E-state index in [1.54, 1.807) is 0 Å². The minimum atomic E-state index is -4.37. The molecule has 0 saturated carbocycles. The van der Waals surface area contributed by atoms with Gasteiger partial charge in [-0.25, -0.2) is 0 Å². The van der Waals surface area contributed by atoms with Crippen LogP contribution in [-0.2, 0) is 4.79 Å². The van der Waals surface area contributed by atoms with Crippen molar-refractivity contribution in [1.29, 1.82) is 0 Å². The number of alkyl halides is 3. The number of rotatable bonds is 7. The van der Waals surface area contributed by atoms with E-state index in [4.69, 9.17) is 5.73 Å². The summed E-state index contributed by atoms with van der Waals surface area (Å²) in [4.78, 5) is 11.7. The summed E-state index contributed by atoms with van der Waals surface area (Å²) in [6.45, 7) is 0.641. The van der Waals surface area contributed by atoms with Gasteiger partial charge in [0.2, 0.25) is 5.91 Å². The highest BCUT2D eigenvalue weighted by Crippen LogP contribution is 2.20. The van der Waals surface area contributed by atoms with E-state index < -0.39 is 12.8 Å². The van der Waals surface area contributed by atoms with Gasteiger partial charge in [-0.15, -0.1) is 0 Å². The Kier molecular flexibility index (Phi) is 6.48. The SMILES string of the molecule is CCCC(N)CC(=O)Nc1ccc(OCC(F)(F)F)cc1. The summed E-state index contributed by atoms with van der Waals surface area (Å²) in [6, 6.07) is 5.51. The van der Waals surface area contributed by atoms with E-state index in [0.29, 0.717) is 5.69 Å². The van der Waals surface area contributed by atoms with E-state index in [-0.39, 0.29) is 24.1 Å². The third-order valence-corrected chi connectivity index (χ3v) is 2.65. The number of ether oxygens (including phenoxy) is 1. The molecular weight excluding hydrogens is 285 g/mol. The number of halogens is 3. The van der Waals surface area contributed by atoms with Crippen molar-refractivity contribution >= 4 is 11.6 Å². The van der Waals surface area contributed by atoms with Crippen LogP contribution in [0.15, 0.2) is 24.3 Å².